The van der Waals surface area contributed by atoms with Crippen LogP contribution in [-0.4, -0.2) is 118 Å². The minimum absolute atomic E-state index is 0.0311. The van der Waals surface area contributed by atoms with Crippen molar-refractivity contribution in [1.29, 1.82) is 0 Å². The van der Waals surface area contributed by atoms with Crippen LogP contribution in [0.1, 0.15) is 30.6 Å². The number of thioether (sulfide) groups is 1. The lowest BCUT2D eigenvalue weighted by atomic mass is 9.71. The van der Waals surface area contributed by atoms with Gasteiger partial charge in [0.2, 0.25) is 5.91 Å². The number of aliphatic hydroxyl groups excluding tert-OH is 1. The molecule has 2 amide bonds. The van der Waals surface area contributed by atoms with E-state index in [-0.39, 0.29) is 80.5 Å². The third-order valence-electron chi connectivity index (χ3n) is 5.80. The van der Waals surface area contributed by atoms with Gasteiger partial charge in [-0.1, -0.05) is 40.5 Å². The fourth-order valence-corrected chi connectivity index (χ4v) is 6.03. The van der Waals surface area contributed by atoms with Crippen molar-refractivity contribution in [2.24, 2.45) is 5.73 Å². The summed E-state index contributed by atoms with van der Waals surface area (Å²) in [6.07, 6.45) is 2.02. The van der Waals surface area contributed by atoms with E-state index >= 15 is 0 Å². The Morgan fingerprint density at radius 1 is 1.30 bits per heavy atom. The van der Waals surface area contributed by atoms with Crippen molar-refractivity contribution in [2.45, 2.75) is 49.4 Å². The van der Waals surface area contributed by atoms with Crippen LogP contribution >= 0.6 is 33.3 Å². The Balaban J connectivity index is 1.60. The molecule has 1 fully saturated rings. The number of hydrogen-bond acceptors (Lipinski definition) is 12. The molecule has 1 saturated heterocycles. The van der Waals surface area contributed by atoms with Gasteiger partial charge >= 0.3 is 0 Å². The van der Waals surface area contributed by atoms with Crippen LogP contribution in [0.2, 0.25) is 0 Å². The van der Waals surface area contributed by atoms with E-state index < -0.39 is 0 Å². The molecule has 5 N–H and O–H groups in total. The largest absolute Gasteiger partial charge is 0.490 e. The molecule has 0 spiro atoms. The molecule has 0 aliphatic carbocycles. The number of benzene rings is 1. The first-order chi connectivity index (χ1) is 20.9. The van der Waals surface area contributed by atoms with Gasteiger partial charge < -0.3 is 45.2 Å². The lowest BCUT2D eigenvalue weighted by molar-refractivity contribution is -0.126. The van der Waals surface area contributed by atoms with Gasteiger partial charge in [0.15, 0.2) is 0 Å². The molecule has 239 valence electrons. The molecule has 0 bridgehead atoms. The molecule has 1 aromatic carbocycles. The summed E-state index contributed by atoms with van der Waals surface area (Å²) in [5.74, 6) is 6.81. The van der Waals surface area contributed by atoms with Crippen LogP contribution in [0.25, 0.3) is 0 Å². The molecule has 1 aromatic rings. The molecule has 11 nitrogen and oxygen atoms in total. The highest BCUT2D eigenvalue weighted by atomic mass is 33.1. The molecule has 2 rings (SSSR count). The summed E-state index contributed by atoms with van der Waals surface area (Å²) in [6, 6.07) is 6.68. The Kier molecular flexibility index (Phi) is 20.0. The third-order valence-corrected chi connectivity index (χ3v) is 8.62. The monoisotopic (exact) mass is 656 g/mol. The summed E-state index contributed by atoms with van der Waals surface area (Å²) < 4.78 is 28.9. The molecule has 0 aromatic heterocycles. The Bertz CT molecular complexity index is 1020. The van der Waals surface area contributed by atoms with Gasteiger partial charge in [-0.05, 0) is 43.6 Å². The van der Waals surface area contributed by atoms with E-state index in [1.54, 1.807) is 54.1 Å². The maximum atomic E-state index is 12.1. The highest BCUT2D eigenvalue weighted by molar-refractivity contribution is 8.76. The normalized spacial score (nSPS) is 19.1. The molecule has 5 atom stereocenters. The van der Waals surface area contributed by atoms with Crippen molar-refractivity contribution in [2.75, 3.05) is 64.7 Å². The van der Waals surface area contributed by atoms with Gasteiger partial charge in [-0.2, -0.15) is 5.82 Å². The first kappa shape index (κ1) is 37.6. The van der Waals surface area contributed by atoms with Crippen LogP contribution in [0.15, 0.2) is 24.3 Å². The number of amides is 2. The quantitative estimate of drug-likeness (QED) is 0.0499. The predicted octanol–water partition coefficient (Wildman–Crippen LogP) is 1.50. The van der Waals surface area contributed by atoms with Crippen molar-refractivity contribution < 1.29 is 38.4 Å². The smallest absolute Gasteiger partial charge is 0.251 e. The highest BCUT2D eigenvalue weighted by Crippen LogP contribution is 2.27. The van der Waals surface area contributed by atoms with Crippen molar-refractivity contribution in [3.05, 3.63) is 29.8 Å². The lowest BCUT2D eigenvalue weighted by Gasteiger charge is -2.21. The molecular weight excluding hydrogens is 613 g/mol. The van der Waals surface area contributed by atoms with Crippen molar-refractivity contribution in [3.63, 3.8) is 0 Å². The van der Waals surface area contributed by atoms with E-state index in [1.807, 2.05) is 13.2 Å². The summed E-state index contributed by atoms with van der Waals surface area (Å²) in [4.78, 5) is 24.2. The lowest BCUT2D eigenvalue weighted by Crippen LogP contribution is -2.30. The molecule has 43 heavy (non-hydrogen) atoms. The topological polar surface area (TPSA) is 151 Å². The summed E-state index contributed by atoms with van der Waals surface area (Å²) in [7, 11) is 4.78. The zero-order valence-electron chi connectivity index (χ0n) is 25.0. The Labute approximate surface area is 267 Å². The Morgan fingerprint density at radius 3 is 2.88 bits per heavy atom. The second-order valence-corrected chi connectivity index (χ2v) is 13.3. The molecular formula is C28H43BN3O8S3. The molecule has 1 radical (unpaired) electrons. The van der Waals surface area contributed by atoms with E-state index in [0.29, 0.717) is 30.8 Å². The molecule has 1 aliphatic rings. The number of rotatable bonds is 21. The fourth-order valence-electron chi connectivity index (χ4n) is 3.87. The maximum absolute atomic E-state index is 12.1. The maximum Gasteiger partial charge on any atom is 0.251 e. The third kappa shape index (κ3) is 15.8. The van der Waals surface area contributed by atoms with Crippen molar-refractivity contribution in [3.8, 4) is 17.5 Å². The average molecular weight is 657 g/mol. The van der Waals surface area contributed by atoms with Gasteiger partial charge in [0.05, 0.1) is 32.5 Å². The van der Waals surface area contributed by atoms with Gasteiger partial charge in [0, 0.05) is 24.7 Å². The first-order valence-electron chi connectivity index (χ1n) is 14.1. The average Bonchev–Trinajstić information content (AvgIpc) is 3.39. The van der Waals surface area contributed by atoms with Crippen LogP contribution in [0.3, 0.4) is 0 Å². The number of nitrogens with one attached hydrogen (secondary N) is 2. The molecule has 15 heteroatoms. The number of nitrogens with two attached hydrogens (primary N) is 1. The summed E-state index contributed by atoms with van der Waals surface area (Å²) in [6.45, 7) is 5.58. The van der Waals surface area contributed by atoms with Gasteiger partial charge in [-0.25, -0.2) is 0 Å². The standard InChI is InChI=1S/C28H43BN3O8S3/c1-4-42-20(2)39-23-16-25(40-24(23)17-33)29-9-6-11-31-26(34)18-36-13-14-37-27(43-41-3)19-38-22-8-5-7-21(15-22)28(35)32-12-10-30/h5,7-8,15,20,23-25,27,33H,4,10-14,16-19,30H2,1-3H3,(H,31,34)(H,32,35)/t20-,23-,24?,25-,27?/m1/s1. The SMILES string of the molecule is CCS[C@H](C)O[C@@H]1C[C@H]([B]C#CCNC(=O)COCCOC(COc2cccc(C(=O)NCCN)c2)SSC)OC1CO. The van der Waals surface area contributed by atoms with Crippen molar-refractivity contribution in [1.82, 2.24) is 10.6 Å². The molecule has 1 heterocycles. The zero-order valence-corrected chi connectivity index (χ0v) is 27.4. The number of carbonyl (C=O) groups is 2. The fraction of sp³-hybridized carbons (Fsp3) is 0.643. The number of hydrogen-bond donors (Lipinski definition) is 4. The number of aliphatic hydroxyl groups is 1. The predicted molar refractivity (Wildman–Crippen MR) is 174 cm³/mol. The van der Waals surface area contributed by atoms with Gasteiger partial charge in [-0.15, -0.1) is 11.8 Å². The van der Waals surface area contributed by atoms with Gasteiger partial charge in [-0.3, -0.25) is 9.59 Å². The van der Waals surface area contributed by atoms with Crippen LogP contribution in [0, 0.1) is 11.7 Å². The van der Waals surface area contributed by atoms with Crippen LogP contribution in [0.5, 0.6) is 5.75 Å². The molecule has 0 saturated carbocycles. The van der Waals surface area contributed by atoms with E-state index in [2.05, 4.69) is 29.3 Å². The summed E-state index contributed by atoms with van der Waals surface area (Å²) in [5.41, 5.74) is 5.69. The van der Waals surface area contributed by atoms with Crippen LogP contribution in [0.4, 0.5) is 0 Å². The Hall–Kier alpha value is -1.61. The van der Waals surface area contributed by atoms with E-state index in [9.17, 15) is 14.7 Å². The minimum atomic E-state index is -0.371. The second-order valence-electron chi connectivity index (χ2n) is 9.09. The summed E-state index contributed by atoms with van der Waals surface area (Å²) in [5, 5.41) is 15.0. The summed E-state index contributed by atoms with van der Waals surface area (Å²) >= 11 is 1.70. The zero-order chi connectivity index (χ0) is 31.3. The van der Waals surface area contributed by atoms with Gasteiger partial charge in [0.25, 0.3) is 13.2 Å². The molecule has 2 unspecified atom stereocenters. The van der Waals surface area contributed by atoms with Crippen LogP contribution < -0.4 is 21.1 Å². The molecule has 1 aliphatic heterocycles. The van der Waals surface area contributed by atoms with E-state index in [1.165, 1.54) is 10.8 Å². The number of ether oxygens (including phenoxy) is 5. The Morgan fingerprint density at radius 2 is 2.14 bits per heavy atom. The highest BCUT2D eigenvalue weighted by Gasteiger charge is 2.36. The van der Waals surface area contributed by atoms with Gasteiger partial charge in [0.1, 0.15) is 35.9 Å². The van der Waals surface area contributed by atoms with Crippen LogP contribution in [-0.2, 0) is 23.7 Å². The second kappa shape index (κ2) is 22.8. The van der Waals surface area contributed by atoms with Crippen molar-refractivity contribution >= 4 is 52.4 Å². The first-order valence-corrected chi connectivity index (χ1v) is 17.8. The number of carbonyl (C=O) groups excluding carboxylic acids is 2. The van der Waals surface area contributed by atoms with E-state index in [4.69, 9.17) is 29.4 Å². The van der Waals surface area contributed by atoms with E-state index in [0.717, 1.165) is 5.75 Å². The minimum Gasteiger partial charge on any atom is -0.490 e.